The molecule has 0 radical (unpaired) electrons. The quantitative estimate of drug-likeness (QED) is 0.387. The van der Waals surface area contributed by atoms with E-state index < -0.39 is 0 Å². The van der Waals surface area contributed by atoms with Gasteiger partial charge < -0.3 is 0 Å². The Bertz CT molecular complexity index is 765. The van der Waals surface area contributed by atoms with Gasteiger partial charge in [-0.15, -0.1) is 0 Å². The van der Waals surface area contributed by atoms with E-state index in [2.05, 4.69) is 118 Å². The molecule has 0 saturated carbocycles. The Kier molecular flexibility index (Phi) is 16.1. The second kappa shape index (κ2) is 15.9. The molecule has 0 heterocycles. The lowest BCUT2D eigenvalue weighted by molar-refractivity contribution is 0.574. The van der Waals surface area contributed by atoms with Crippen LogP contribution < -0.4 is 0 Å². The summed E-state index contributed by atoms with van der Waals surface area (Å²) >= 11 is 0. The van der Waals surface area contributed by atoms with Crippen LogP contribution in [0.3, 0.4) is 0 Å². The highest BCUT2D eigenvalue weighted by Crippen LogP contribution is 2.39. The molecule has 0 spiro atoms. The summed E-state index contributed by atoms with van der Waals surface area (Å²) in [6.45, 7) is 30.6. The van der Waals surface area contributed by atoms with Crippen molar-refractivity contribution in [1.29, 1.82) is 0 Å². The van der Waals surface area contributed by atoms with Crippen molar-refractivity contribution in [3.05, 3.63) is 70.8 Å². The average molecular weight is 439 g/mol. The zero-order chi connectivity index (χ0) is 25.5. The SMILES string of the molecule is C/C=C\C(=C/CC)c1cc(C(C)(C)C)c(C(/C=C\CC)=C/C)cc1C(C)(C)C.CC.CC. The molecule has 0 heteroatoms. The monoisotopic (exact) mass is 438 g/mol. The third kappa shape index (κ3) is 9.76. The first kappa shape index (κ1) is 32.4. The van der Waals surface area contributed by atoms with Gasteiger partial charge in [0.15, 0.2) is 0 Å². The number of hydrogen-bond donors (Lipinski definition) is 0. The Balaban J connectivity index is 0. The molecule has 0 fully saturated rings. The molecule has 1 rings (SSSR count). The predicted molar refractivity (Wildman–Crippen MR) is 153 cm³/mol. The summed E-state index contributed by atoms with van der Waals surface area (Å²) in [4.78, 5) is 0. The van der Waals surface area contributed by atoms with Crippen LogP contribution in [0.4, 0.5) is 0 Å². The van der Waals surface area contributed by atoms with E-state index in [9.17, 15) is 0 Å². The van der Waals surface area contributed by atoms with Crippen LogP contribution in [0.25, 0.3) is 11.1 Å². The lowest BCUT2D eigenvalue weighted by atomic mass is 9.74. The maximum Gasteiger partial charge on any atom is -0.0125 e. The lowest BCUT2D eigenvalue weighted by Crippen LogP contribution is -2.19. The predicted octanol–water partition coefficient (Wildman–Crippen LogP) is 11.1. The van der Waals surface area contributed by atoms with Gasteiger partial charge in [0.2, 0.25) is 0 Å². The van der Waals surface area contributed by atoms with Crippen LogP contribution in [0.2, 0.25) is 0 Å². The van der Waals surface area contributed by atoms with E-state index in [4.69, 9.17) is 0 Å². The standard InChI is InChI=1S/C28H42.2C2H6/c1-11-15-18-21(14-4)23-19-26(28(8,9)10)24(20-25(23)27(5,6)7)22(16-12-2)17-13-3;2*1-2/h12,14-20H,11,13H2,1-10H3;2*1-2H3/b16-12-,18-15-,21-14+,22-17+;;. The first-order chi connectivity index (χ1) is 15.0. The highest BCUT2D eigenvalue weighted by atomic mass is 14.3. The first-order valence-corrected chi connectivity index (χ1v) is 12.9. The highest BCUT2D eigenvalue weighted by molar-refractivity contribution is 5.83. The summed E-state index contributed by atoms with van der Waals surface area (Å²) in [5.74, 6) is 0. The molecule has 0 aliphatic carbocycles. The van der Waals surface area contributed by atoms with Crippen LogP contribution in [0.15, 0.2) is 48.6 Å². The Morgan fingerprint density at radius 1 is 0.688 bits per heavy atom. The number of allylic oxidation sites excluding steroid dienone is 8. The fraction of sp³-hybridized carbons (Fsp3) is 0.562. The van der Waals surface area contributed by atoms with Crippen molar-refractivity contribution in [2.75, 3.05) is 0 Å². The molecule has 0 nitrogen and oxygen atoms in total. The van der Waals surface area contributed by atoms with E-state index in [0.717, 1.165) is 12.8 Å². The zero-order valence-electron chi connectivity index (χ0n) is 24.0. The minimum absolute atomic E-state index is 0.0715. The highest BCUT2D eigenvalue weighted by Gasteiger charge is 2.26. The molecule has 0 saturated heterocycles. The number of benzene rings is 1. The van der Waals surface area contributed by atoms with Gasteiger partial charge in [0.1, 0.15) is 0 Å². The molecule has 0 aliphatic rings. The number of rotatable bonds is 6. The van der Waals surface area contributed by atoms with Crippen molar-refractivity contribution < 1.29 is 0 Å². The molecule has 0 aliphatic heterocycles. The molecular weight excluding hydrogens is 384 g/mol. The van der Waals surface area contributed by atoms with E-state index in [0.29, 0.717) is 0 Å². The van der Waals surface area contributed by atoms with E-state index in [1.54, 1.807) is 0 Å². The molecule has 1 aromatic rings. The van der Waals surface area contributed by atoms with E-state index in [1.807, 2.05) is 27.7 Å². The van der Waals surface area contributed by atoms with Gasteiger partial charge in [-0.2, -0.15) is 0 Å². The van der Waals surface area contributed by atoms with Crippen molar-refractivity contribution in [3.63, 3.8) is 0 Å². The summed E-state index contributed by atoms with van der Waals surface area (Å²) < 4.78 is 0. The van der Waals surface area contributed by atoms with Gasteiger partial charge in [0.05, 0.1) is 0 Å². The topological polar surface area (TPSA) is 0 Å². The fourth-order valence-electron chi connectivity index (χ4n) is 3.57. The third-order valence-corrected chi connectivity index (χ3v) is 5.01. The van der Waals surface area contributed by atoms with Gasteiger partial charge >= 0.3 is 0 Å². The summed E-state index contributed by atoms with van der Waals surface area (Å²) in [6.07, 6.45) is 15.6. The molecule has 32 heavy (non-hydrogen) atoms. The number of hydrogen-bond acceptors (Lipinski definition) is 0. The van der Waals surface area contributed by atoms with Crippen LogP contribution in [0.5, 0.6) is 0 Å². The van der Waals surface area contributed by atoms with Crippen molar-refractivity contribution in [2.24, 2.45) is 0 Å². The van der Waals surface area contributed by atoms with Crippen LogP contribution >= 0.6 is 0 Å². The molecule has 0 unspecified atom stereocenters. The smallest absolute Gasteiger partial charge is 0.0125 e. The molecule has 0 bridgehead atoms. The van der Waals surface area contributed by atoms with Gasteiger partial charge in [0.25, 0.3) is 0 Å². The van der Waals surface area contributed by atoms with Gasteiger partial charge in [-0.3, -0.25) is 0 Å². The summed E-state index contributed by atoms with van der Waals surface area (Å²) in [5, 5.41) is 0. The van der Waals surface area contributed by atoms with Crippen molar-refractivity contribution in [2.45, 2.75) is 121 Å². The summed E-state index contributed by atoms with van der Waals surface area (Å²) in [7, 11) is 0. The van der Waals surface area contributed by atoms with Gasteiger partial charge in [-0.25, -0.2) is 0 Å². The normalized spacial score (nSPS) is 13.1. The van der Waals surface area contributed by atoms with Crippen LogP contribution in [-0.4, -0.2) is 0 Å². The fourth-order valence-corrected chi connectivity index (χ4v) is 3.57. The molecule has 1 aromatic carbocycles. The molecule has 0 N–H and O–H groups in total. The maximum atomic E-state index is 2.46. The molecule has 182 valence electrons. The van der Waals surface area contributed by atoms with Gasteiger partial charge in [-0.05, 0) is 83.1 Å². The van der Waals surface area contributed by atoms with Crippen molar-refractivity contribution >= 4 is 11.1 Å². The average Bonchev–Trinajstić information content (AvgIpc) is 2.75. The summed E-state index contributed by atoms with van der Waals surface area (Å²) in [5.41, 5.74) is 8.35. The Morgan fingerprint density at radius 3 is 1.44 bits per heavy atom. The van der Waals surface area contributed by atoms with Crippen molar-refractivity contribution in [1.82, 2.24) is 0 Å². The third-order valence-electron chi connectivity index (χ3n) is 5.01. The second-order valence-electron chi connectivity index (χ2n) is 9.57. The Hall–Kier alpha value is -1.82. The Labute approximate surface area is 202 Å². The van der Waals surface area contributed by atoms with Gasteiger partial charge in [0, 0.05) is 0 Å². The largest absolute Gasteiger partial charge is 0.0871 e. The van der Waals surface area contributed by atoms with E-state index in [1.165, 1.54) is 33.4 Å². The van der Waals surface area contributed by atoms with Gasteiger partial charge in [-0.1, -0.05) is 120 Å². The summed E-state index contributed by atoms with van der Waals surface area (Å²) in [6, 6.07) is 4.92. The van der Waals surface area contributed by atoms with Crippen LogP contribution in [0, 0.1) is 0 Å². The molecule has 0 amide bonds. The minimum Gasteiger partial charge on any atom is -0.0871 e. The Morgan fingerprint density at radius 2 is 1.12 bits per heavy atom. The zero-order valence-corrected chi connectivity index (χ0v) is 24.0. The first-order valence-electron chi connectivity index (χ1n) is 12.9. The van der Waals surface area contributed by atoms with Crippen LogP contribution in [0.1, 0.15) is 132 Å². The second-order valence-corrected chi connectivity index (χ2v) is 9.57. The van der Waals surface area contributed by atoms with E-state index >= 15 is 0 Å². The molecular formula is C32H54. The van der Waals surface area contributed by atoms with Crippen molar-refractivity contribution in [3.8, 4) is 0 Å². The lowest BCUT2D eigenvalue weighted by Gasteiger charge is -2.30. The van der Waals surface area contributed by atoms with Crippen LogP contribution in [-0.2, 0) is 10.8 Å². The molecule has 0 aromatic heterocycles. The maximum absolute atomic E-state index is 2.46. The minimum atomic E-state index is 0.0715. The molecule has 0 atom stereocenters. The van der Waals surface area contributed by atoms with E-state index in [-0.39, 0.29) is 10.8 Å².